The summed E-state index contributed by atoms with van der Waals surface area (Å²) in [6, 6.07) is 15.1. The standard InChI is InChI=1S/C27H32N2O6/c1-3-34-25(31)17-22-13-8-7-12-21(22)16-24(30)28-19(2)26(32)29-15-9-14-23(29)27(33)35-18-20-10-5-4-6-11-20/h4-8,10-13,19,23H,3,9,14-18H2,1-2H3,(H,28,30)/t19-,23-/m0/s1. The van der Waals surface area contributed by atoms with Crippen molar-refractivity contribution >= 4 is 23.8 Å². The number of nitrogens with one attached hydrogen (secondary N) is 1. The van der Waals surface area contributed by atoms with E-state index >= 15 is 0 Å². The van der Waals surface area contributed by atoms with Crippen molar-refractivity contribution in [3.05, 3.63) is 71.3 Å². The Morgan fingerprint density at radius 3 is 2.31 bits per heavy atom. The summed E-state index contributed by atoms with van der Waals surface area (Å²) in [4.78, 5) is 51.8. The van der Waals surface area contributed by atoms with Crippen LogP contribution in [0.25, 0.3) is 0 Å². The molecule has 1 saturated heterocycles. The third-order valence-corrected chi connectivity index (χ3v) is 5.89. The van der Waals surface area contributed by atoms with Crippen LogP contribution in [0.2, 0.25) is 0 Å². The fourth-order valence-corrected chi connectivity index (χ4v) is 4.15. The minimum absolute atomic E-state index is 0.0236. The van der Waals surface area contributed by atoms with Crippen LogP contribution in [0.5, 0.6) is 0 Å². The van der Waals surface area contributed by atoms with Gasteiger partial charge in [0.15, 0.2) is 0 Å². The summed E-state index contributed by atoms with van der Waals surface area (Å²) in [6.07, 6.45) is 1.32. The van der Waals surface area contributed by atoms with Crippen LogP contribution in [0.4, 0.5) is 0 Å². The van der Waals surface area contributed by atoms with E-state index in [-0.39, 0.29) is 37.2 Å². The van der Waals surface area contributed by atoms with E-state index in [1.165, 1.54) is 4.90 Å². The lowest BCUT2D eigenvalue weighted by Gasteiger charge is -2.26. The average Bonchev–Trinajstić information content (AvgIpc) is 3.34. The fourth-order valence-electron chi connectivity index (χ4n) is 4.15. The number of carbonyl (C=O) groups excluding carboxylic acids is 4. The Morgan fingerprint density at radius 1 is 0.971 bits per heavy atom. The topological polar surface area (TPSA) is 102 Å². The molecule has 2 atom stereocenters. The Kier molecular flexibility index (Phi) is 9.40. The molecule has 1 aliphatic rings. The highest BCUT2D eigenvalue weighted by Gasteiger charge is 2.37. The molecule has 3 rings (SSSR count). The fraction of sp³-hybridized carbons (Fsp3) is 0.407. The molecule has 0 spiro atoms. The van der Waals surface area contributed by atoms with Crippen molar-refractivity contribution in [1.82, 2.24) is 10.2 Å². The zero-order valence-electron chi connectivity index (χ0n) is 20.2. The minimum atomic E-state index is -0.803. The van der Waals surface area contributed by atoms with Gasteiger partial charge in [0.1, 0.15) is 18.7 Å². The predicted octanol–water partition coefficient (Wildman–Crippen LogP) is 2.57. The Labute approximate surface area is 205 Å². The first-order valence-electron chi connectivity index (χ1n) is 11.9. The minimum Gasteiger partial charge on any atom is -0.466 e. The van der Waals surface area contributed by atoms with Crippen LogP contribution in [-0.4, -0.2) is 53.9 Å². The van der Waals surface area contributed by atoms with Gasteiger partial charge in [-0.25, -0.2) is 4.79 Å². The molecule has 2 aromatic rings. The van der Waals surface area contributed by atoms with Gasteiger partial charge in [-0.05, 0) is 43.4 Å². The number of benzene rings is 2. The molecule has 0 aromatic heterocycles. The molecule has 1 heterocycles. The average molecular weight is 481 g/mol. The smallest absolute Gasteiger partial charge is 0.329 e. The molecule has 0 unspecified atom stereocenters. The molecule has 2 amide bonds. The molecule has 35 heavy (non-hydrogen) atoms. The van der Waals surface area contributed by atoms with Crippen molar-refractivity contribution in [1.29, 1.82) is 0 Å². The van der Waals surface area contributed by atoms with Crippen molar-refractivity contribution < 1.29 is 28.7 Å². The molecule has 8 heteroatoms. The number of amides is 2. The highest BCUT2D eigenvalue weighted by Crippen LogP contribution is 2.20. The van der Waals surface area contributed by atoms with Crippen LogP contribution in [0, 0.1) is 0 Å². The van der Waals surface area contributed by atoms with E-state index in [1.807, 2.05) is 30.3 Å². The van der Waals surface area contributed by atoms with Gasteiger partial charge in [0.25, 0.3) is 0 Å². The molecule has 0 saturated carbocycles. The van der Waals surface area contributed by atoms with E-state index < -0.39 is 18.1 Å². The number of ether oxygens (including phenoxy) is 2. The van der Waals surface area contributed by atoms with Crippen LogP contribution in [0.1, 0.15) is 43.4 Å². The van der Waals surface area contributed by atoms with Crippen LogP contribution < -0.4 is 5.32 Å². The second kappa shape index (κ2) is 12.7. The molecule has 1 aliphatic heterocycles. The maximum atomic E-state index is 13.0. The molecular weight excluding hydrogens is 448 g/mol. The molecule has 2 aromatic carbocycles. The number of esters is 2. The summed E-state index contributed by atoms with van der Waals surface area (Å²) in [5.41, 5.74) is 2.28. The third kappa shape index (κ3) is 7.40. The number of likely N-dealkylation sites (tertiary alicyclic amines) is 1. The Morgan fingerprint density at radius 2 is 1.63 bits per heavy atom. The molecule has 0 bridgehead atoms. The van der Waals surface area contributed by atoms with Crippen LogP contribution in [0.15, 0.2) is 54.6 Å². The van der Waals surface area contributed by atoms with Crippen LogP contribution in [-0.2, 0) is 48.1 Å². The van der Waals surface area contributed by atoms with E-state index in [0.717, 1.165) is 5.56 Å². The summed E-state index contributed by atoms with van der Waals surface area (Å²) in [6.45, 7) is 4.22. The van der Waals surface area contributed by atoms with Gasteiger partial charge in [0.05, 0.1) is 19.4 Å². The maximum absolute atomic E-state index is 13.0. The van der Waals surface area contributed by atoms with Crippen LogP contribution in [0.3, 0.4) is 0 Å². The summed E-state index contributed by atoms with van der Waals surface area (Å²) in [5.74, 6) is -1.46. The Hall–Kier alpha value is -3.68. The predicted molar refractivity (Wildman–Crippen MR) is 129 cm³/mol. The SMILES string of the molecule is CCOC(=O)Cc1ccccc1CC(=O)N[C@@H](C)C(=O)N1CCC[C@H]1C(=O)OCc1ccccc1. The first kappa shape index (κ1) is 25.9. The van der Waals surface area contributed by atoms with Gasteiger partial charge in [-0.2, -0.15) is 0 Å². The van der Waals surface area contributed by atoms with Gasteiger partial charge in [-0.3, -0.25) is 14.4 Å². The molecule has 1 N–H and O–H groups in total. The van der Waals surface area contributed by atoms with Gasteiger partial charge < -0.3 is 19.7 Å². The first-order chi connectivity index (χ1) is 16.9. The lowest BCUT2D eigenvalue weighted by molar-refractivity contribution is -0.155. The lowest BCUT2D eigenvalue weighted by atomic mass is 10.0. The lowest BCUT2D eigenvalue weighted by Crippen LogP contribution is -2.51. The largest absolute Gasteiger partial charge is 0.466 e. The number of hydrogen-bond donors (Lipinski definition) is 1. The van der Waals surface area contributed by atoms with Gasteiger partial charge >= 0.3 is 11.9 Å². The Balaban J connectivity index is 1.55. The molecule has 1 fully saturated rings. The van der Waals surface area contributed by atoms with Gasteiger partial charge in [-0.1, -0.05) is 54.6 Å². The normalized spacial score (nSPS) is 15.8. The summed E-state index contributed by atoms with van der Waals surface area (Å²) in [5, 5.41) is 2.73. The molecule has 8 nitrogen and oxygen atoms in total. The zero-order chi connectivity index (χ0) is 25.2. The summed E-state index contributed by atoms with van der Waals surface area (Å²) >= 11 is 0. The first-order valence-corrected chi connectivity index (χ1v) is 11.9. The number of rotatable bonds is 10. The zero-order valence-corrected chi connectivity index (χ0v) is 20.2. The van der Waals surface area contributed by atoms with Crippen molar-refractivity contribution in [2.75, 3.05) is 13.2 Å². The van der Waals surface area contributed by atoms with Crippen molar-refractivity contribution in [3.63, 3.8) is 0 Å². The number of hydrogen-bond acceptors (Lipinski definition) is 6. The van der Waals surface area contributed by atoms with Crippen molar-refractivity contribution in [2.24, 2.45) is 0 Å². The summed E-state index contributed by atoms with van der Waals surface area (Å²) in [7, 11) is 0. The molecule has 0 radical (unpaired) electrons. The third-order valence-electron chi connectivity index (χ3n) is 5.89. The van der Waals surface area contributed by atoms with E-state index in [9.17, 15) is 19.2 Å². The van der Waals surface area contributed by atoms with Crippen molar-refractivity contribution in [3.8, 4) is 0 Å². The quantitative estimate of drug-likeness (QED) is 0.525. The maximum Gasteiger partial charge on any atom is 0.329 e. The monoisotopic (exact) mass is 480 g/mol. The van der Waals surface area contributed by atoms with E-state index in [0.29, 0.717) is 37.1 Å². The highest BCUT2D eigenvalue weighted by atomic mass is 16.5. The van der Waals surface area contributed by atoms with Crippen molar-refractivity contribution in [2.45, 2.75) is 58.2 Å². The molecular formula is C27H32N2O6. The molecule has 0 aliphatic carbocycles. The molecule has 186 valence electrons. The van der Waals surface area contributed by atoms with Crippen LogP contribution >= 0.6 is 0 Å². The summed E-state index contributed by atoms with van der Waals surface area (Å²) < 4.78 is 10.4. The Bertz CT molecular complexity index is 1040. The second-order valence-electron chi connectivity index (χ2n) is 8.50. The number of carbonyl (C=O) groups is 4. The number of nitrogens with zero attached hydrogens (tertiary/aromatic N) is 1. The van der Waals surface area contributed by atoms with Gasteiger partial charge in [0.2, 0.25) is 11.8 Å². The van der Waals surface area contributed by atoms with E-state index in [1.54, 1.807) is 38.1 Å². The van der Waals surface area contributed by atoms with E-state index in [2.05, 4.69) is 5.32 Å². The van der Waals surface area contributed by atoms with E-state index in [4.69, 9.17) is 9.47 Å². The highest BCUT2D eigenvalue weighted by molar-refractivity contribution is 5.91. The van der Waals surface area contributed by atoms with Gasteiger partial charge in [-0.15, -0.1) is 0 Å². The van der Waals surface area contributed by atoms with Gasteiger partial charge in [0, 0.05) is 6.54 Å². The second-order valence-corrected chi connectivity index (χ2v) is 8.50.